The van der Waals surface area contributed by atoms with Gasteiger partial charge in [-0.2, -0.15) is 0 Å². The molecule has 0 aromatic heterocycles. The Bertz CT molecular complexity index is 339. The molecule has 0 rings (SSSR count). The van der Waals surface area contributed by atoms with Crippen molar-refractivity contribution in [3.63, 3.8) is 0 Å². The maximum Gasteiger partial charge on any atom is 0.331 e. The fraction of sp³-hybridized carbons (Fsp3) is 0.455. The number of hydrogen-bond acceptors (Lipinski definition) is 2. The van der Waals surface area contributed by atoms with Gasteiger partial charge in [0.1, 0.15) is 0 Å². The van der Waals surface area contributed by atoms with Crippen molar-refractivity contribution in [2.45, 2.75) is 27.7 Å². The lowest BCUT2D eigenvalue weighted by atomic mass is 9.93. The zero-order valence-corrected chi connectivity index (χ0v) is 8.84. The fourth-order valence-electron chi connectivity index (χ4n) is 1.30. The van der Waals surface area contributed by atoms with Gasteiger partial charge in [-0.15, -0.1) is 5.92 Å². The van der Waals surface area contributed by atoms with Crippen LogP contribution in [0.15, 0.2) is 11.1 Å². The highest BCUT2D eigenvalue weighted by Crippen LogP contribution is 2.16. The summed E-state index contributed by atoms with van der Waals surface area (Å²) in [5.41, 5.74) is 0.361. The van der Waals surface area contributed by atoms with Crippen LogP contribution in [0, 0.1) is 17.8 Å². The Hall–Kier alpha value is -1.56. The Kier molecular flexibility index (Phi) is 4.65. The first-order chi connectivity index (χ1) is 6.41. The van der Waals surface area contributed by atoms with Crippen molar-refractivity contribution >= 4 is 11.8 Å². The van der Waals surface area contributed by atoms with Crippen LogP contribution in [0.1, 0.15) is 27.7 Å². The van der Waals surface area contributed by atoms with E-state index in [1.54, 1.807) is 13.8 Å². The molecule has 3 nitrogen and oxygen atoms in total. The van der Waals surface area contributed by atoms with E-state index in [0.717, 1.165) is 0 Å². The normalized spacial score (nSPS) is 13.4. The zero-order valence-electron chi connectivity index (χ0n) is 8.84. The summed E-state index contributed by atoms with van der Waals surface area (Å²) < 4.78 is 0. The van der Waals surface area contributed by atoms with Gasteiger partial charge in [0, 0.05) is 17.1 Å². The maximum atomic E-state index is 11.2. The molecule has 76 valence electrons. The van der Waals surface area contributed by atoms with Gasteiger partial charge in [-0.3, -0.25) is 4.79 Å². The number of carboxylic acid groups (broad SMARTS) is 1. The van der Waals surface area contributed by atoms with Crippen LogP contribution in [0.25, 0.3) is 0 Å². The molecule has 0 fully saturated rings. The quantitative estimate of drug-likeness (QED) is 0.549. The molecule has 0 aromatic carbocycles. The van der Waals surface area contributed by atoms with E-state index in [1.165, 1.54) is 13.8 Å². The van der Waals surface area contributed by atoms with Crippen LogP contribution in [-0.2, 0) is 9.59 Å². The van der Waals surface area contributed by atoms with Crippen molar-refractivity contribution in [1.82, 2.24) is 0 Å². The van der Waals surface area contributed by atoms with Gasteiger partial charge in [0.2, 0.25) is 0 Å². The van der Waals surface area contributed by atoms with Crippen LogP contribution in [0.4, 0.5) is 0 Å². The summed E-state index contributed by atoms with van der Waals surface area (Å²) in [5.74, 6) is 3.81. The van der Waals surface area contributed by atoms with E-state index in [2.05, 4.69) is 11.8 Å². The smallest absolute Gasteiger partial charge is 0.331 e. The van der Waals surface area contributed by atoms with E-state index in [-0.39, 0.29) is 22.8 Å². The molecule has 0 aliphatic carbocycles. The third-order valence-corrected chi connectivity index (χ3v) is 1.90. The second-order valence-electron chi connectivity index (χ2n) is 3.02. The minimum Gasteiger partial charge on any atom is -0.478 e. The molecule has 0 saturated carbocycles. The molecule has 0 heterocycles. The molecule has 0 aromatic rings. The number of hydrogen-bond donors (Lipinski definition) is 1. The van der Waals surface area contributed by atoms with Gasteiger partial charge in [0.15, 0.2) is 5.78 Å². The molecule has 1 unspecified atom stereocenters. The van der Waals surface area contributed by atoms with Crippen molar-refractivity contribution in [2.24, 2.45) is 5.92 Å². The van der Waals surface area contributed by atoms with Crippen molar-refractivity contribution in [1.29, 1.82) is 0 Å². The highest BCUT2D eigenvalue weighted by Gasteiger charge is 2.18. The van der Waals surface area contributed by atoms with Gasteiger partial charge in [-0.25, -0.2) is 4.79 Å². The lowest BCUT2D eigenvalue weighted by Gasteiger charge is -2.09. The Labute approximate surface area is 83.8 Å². The summed E-state index contributed by atoms with van der Waals surface area (Å²) in [6.45, 7) is 6.16. The average Bonchev–Trinajstić information content (AvgIpc) is 2.03. The first-order valence-corrected chi connectivity index (χ1v) is 4.29. The molecule has 0 aliphatic heterocycles. The number of Topliss-reactive ketones (excluding diaryl/α,β-unsaturated/α-hetero) is 1. The number of carboxylic acids is 1. The minimum atomic E-state index is -1.07. The van der Waals surface area contributed by atoms with Gasteiger partial charge in [-0.1, -0.05) is 5.92 Å². The lowest BCUT2D eigenvalue weighted by molar-refractivity contribution is -0.133. The predicted molar refractivity (Wildman–Crippen MR) is 53.6 cm³/mol. The van der Waals surface area contributed by atoms with E-state index >= 15 is 0 Å². The fourth-order valence-corrected chi connectivity index (χ4v) is 1.30. The molecule has 1 atom stereocenters. The number of carbonyl (C=O) groups excluding carboxylic acids is 1. The second-order valence-corrected chi connectivity index (χ2v) is 3.02. The Morgan fingerprint density at radius 2 is 1.79 bits per heavy atom. The van der Waals surface area contributed by atoms with Crippen LogP contribution in [-0.4, -0.2) is 16.9 Å². The molecule has 1 N–H and O–H groups in total. The van der Waals surface area contributed by atoms with E-state index < -0.39 is 5.97 Å². The number of rotatable bonds is 3. The molecular formula is C11H14O3. The van der Waals surface area contributed by atoms with E-state index in [4.69, 9.17) is 5.11 Å². The van der Waals surface area contributed by atoms with Crippen molar-refractivity contribution in [2.75, 3.05) is 0 Å². The van der Waals surface area contributed by atoms with Crippen LogP contribution in [0.3, 0.4) is 0 Å². The summed E-state index contributed by atoms with van der Waals surface area (Å²) in [6.07, 6.45) is 0. The summed E-state index contributed by atoms with van der Waals surface area (Å²) in [4.78, 5) is 21.9. The first kappa shape index (κ1) is 12.4. The Balaban J connectivity index is 5.32. The average molecular weight is 194 g/mol. The molecule has 14 heavy (non-hydrogen) atoms. The SMILES string of the molecule is CC#CC(C)/C(C(C)=O)=C(\C)C(=O)O. The largest absolute Gasteiger partial charge is 0.478 e. The van der Waals surface area contributed by atoms with E-state index in [1.807, 2.05) is 0 Å². The van der Waals surface area contributed by atoms with Gasteiger partial charge >= 0.3 is 5.97 Å². The van der Waals surface area contributed by atoms with Crippen molar-refractivity contribution in [3.05, 3.63) is 11.1 Å². The first-order valence-electron chi connectivity index (χ1n) is 4.29. The molecular weight excluding hydrogens is 180 g/mol. The third kappa shape index (κ3) is 3.06. The Morgan fingerprint density at radius 1 is 1.29 bits per heavy atom. The molecule has 0 saturated heterocycles. The van der Waals surface area contributed by atoms with Gasteiger partial charge in [0.05, 0.1) is 0 Å². The molecule has 3 heteroatoms. The molecule has 0 radical (unpaired) electrons. The standard InChI is InChI=1S/C11H14O3/c1-5-6-7(2)10(9(4)12)8(3)11(13)14/h7H,1-4H3,(H,13,14)/b10-8-. The minimum absolute atomic E-state index is 0.0766. The highest BCUT2D eigenvalue weighted by atomic mass is 16.4. The monoisotopic (exact) mass is 194 g/mol. The summed E-state index contributed by atoms with van der Waals surface area (Å²) in [5, 5.41) is 8.76. The van der Waals surface area contributed by atoms with Gasteiger partial charge in [-0.05, 0) is 27.7 Å². The second kappa shape index (κ2) is 5.23. The summed E-state index contributed by atoms with van der Waals surface area (Å²) >= 11 is 0. The van der Waals surface area contributed by atoms with Crippen molar-refractivity contribution in [3.8, 4) is 11.8 Å². The van der Waals surface area contributed by atoms with Crippen LogP contribution in [0.2, 0.25) is 0 Å². The number of aliphatic carboxylic acids is 1. The number of ketones is 1. The van der Waals surface area contributed by atoms with Crippen molar-refractivity contribution < 1.29 is 14.7 Å². The van der Waals surface area contributed by atoms with E-state index in [9.17, 15) is 9.59 Å². The molecule has 0 bridgehead atoms. The van der Waals surface area contributed by atoms with Gasteiger partial charge in [0.25, 0.3) is 0 Å². The molecule has 0 spiro atoms. The number of allylic oxidation sites excluding steroid dienone is 1. The van der Waals surface area contributed by atoms with Crippen LogP contribution < -0.4 is 0 Å². The molecule has 0 aliphatic rings. The zero-order chi connectivity index (χ0) is 11.3. The predicted octanol–water partition coefficient (Wildman–Crippen LogP) is 1.64. The molecule has 0 amide bonds. The van der Waals surface area contributed by atoms with Crippen LogP contribution >= 0.6 is 0 Å². The highest BCUT2D eigenvalue weighted by molar-refractivity contribution is 6.02. The number of carbonyl (C=O) groups is 2. The maximum absolute atomic E-state index is 11.2. The third-order valence-electron chi connectivity index (χ3n) is 1.90. The summed E-state index contributed by atoms with van der Waals surface area (Å²) in [7, 11) is 0. The Morgan fingerprint density at radius 3 is 2.07 bits per heavy atom. The van der Waals surface area contributed by atoms with Crippen LogP contribution in [0.5, 0.6) is 0 Å². The lowest BCUT2D eigenvalue weighted by Crippen LogP contribution is -2.13. The summed E-state index contributed by atoms with van der Waals surface area (Å²) in [6, 6.07) is 0. The van der Waals surface area contributed by atoms with Gasteiger partial charge < -0.3 is 5.11 Å². The van der Waals surface area contributed by atoms with E-state index in [0.29, 0.717) is 0 Å². The topological polar surface area (TPSA) is 54.4 Å².